The van der Waals surface area contributed by atoms with Gasteiger partial charge in [-0.15, -0.1) is 5.10 Å². The molecule has 1 atom stereocenters. The Kier molecular flexibility index (Phi) is 7.36. The summed E-state index contributed by atoms with van der Waals surface area (Å²) in [5.74, 6) is 0.781. The van der Waals surface area contributed by atoms with Crippen LogP contribution in [0.2, 0.25) is 0 Å². The summed E-state index contributed by atoms with van der Waals surface area (Å²) in [6, 6.07) is 21.5. The van der Waals surface area contributed by atoms with Crippen LogP contribution in [0.25, 0.3) is 0 Å². The van der Waals surface area contributed by atoms with E-state index < -0.39 is 0 Å². The number of carbonyl (C=O) groups is 1. The molecule has 0 radical (unpaired) electrons. The van der Waals surface area contributed by atoms with Gasteiger partial charge in [-0.1, -0.05) is 54.2 Å². The van der Waals surface area contributed by atoms with Gasteiger partial charge in [0.1, 0.15) is 12.4 Å². The fraction of sp³-hybridized carbons (Fsp3) is 0.160. The quantitative estimate of drug-likeness (QED) is 0.392. The van der Waals surface area contributed by atoms with E-state index in [0.29, 0.717) is 29.7 Å². The van der Waals surface area contributed by atoms with Gasteiger partial charge in [0.15, 0.2) is 16.7 Å². The minimum Gasteiger partial charge on any atom is -0.493 e. The van der Waals surface area contributed by atoms with Crippen molar-refractivity contribution in [2.45, 2.75) is 18.3 Å². The number of amidine groups is 1. The molecule has 0 unspecified atom stereocenters. The van der Waals surface area contributed by atoms with Crippen molar-refractivity contribution in [3.05, 3.63) is 95.3 Å². The molecule has 0 spiro atoms. The van der Waals surface area contributed by atoms with Crippen LogP contribution >= 0.6 is 11.8 Å². The third-order valence-electron chi connectivity index (χ3n) is 4.89. The Morgan fingerprint density at radius 2 is 1.82 bits per heavy atom. The van der Waals surface area contributed by atoms with Gasteiger partial charge in [-0.05, 0) is 53.4 Å². The predicted molar refractivity (Wildman–Crippen MR) is 128 cm³/mol. The van der Waals surface area contributed by atoms with E-state index in [1.807, 2.05) is 48.5 Å². The fourth-order valence-electron chi connectivity index (χ4n) is 3.19. The molecule has 1 fully saturated rings. The van der Waals surface area contributed by atoms with E-state index >= 15 is 0 Å². The molecule has 1 aliphatic rings. The molecule has 1 amide bonds. The molecular weight excluding hydrogens is 441 g/mol. The normalized spacial score (nSPS) is 16.8. The Morgan fingerprint density at radius 1 is 1.03 bits per heavy atom. The van der Waals surface area contributed by atoms with Crippen molar-refractivity contribution in [2.75, 3.05) is 7.11 Å². The minimum absolute atomic E-state index is 0.139. The number of methoxy groups -OCH3 is 1. The predicted octanol–water partition coefficient (Wildman–Crippen LogP) is 4.58. The van der Waals surface area contributed by atoms with Gasteiger partial charge in [0.05, 0.1) is 18.6 Å². The number of ether oxygens (including phenoxy) is 2. The molecule has 0 aromatic heterocycles. The van der Waals surface area contributed by atoms with Crippen molar-refractivity contribution in [2.24, 2.45) is 10.2 Å². The van der Waals surface area contributed by atoms with Crippen LogP contribution < -0.4 is 14.8 Å². The molecule has 4 rings (SSSR count). The number of nitrogens with zero attached hydrogens (tertiary/aromatic N) is 2. The largest absolute Gasteiger partial charge is 0.493 e. The Labute approximate surface area is 195 Å². The second kappa shape index (κ2) is 10.8. The first-order chi connectivity index (χ1) is 16.1. The van der Waals surface area contributed by atoms with E-state index in [2.05, 4.69) is 15.5 Å². The first kappa shape index (κ1) is 22.5. The molecule has 1 heterocycles. The zero-order valence-electron chi connectivity index (χ0n) is 17.9. The molecule has 0 aliphatic carbocycles. The lowest BCUT2D eigenvalue weighted by Crippen LogP contribution is -2.25. The number of amides is 1. The van der Waals surface area contributed by atoms with Crippen LogP contribution in [0, 0.1) is 5.82 Å². The van der Waals surface area contributed by atoms with Crippen molar-refractivity contribution < 1.29 is 18.7 Å². The zero-order valence-corrected chi connectivity index (χ0v) is 18.7. The van der Waals surface area contributed by atoms with E-state index in [4.69, 9.17) is 9.47 Å². The summed E-state index contributed by atoms with van der Waals surface area (Å²) in [7, 11) is 1.58. The smallest absolute Gasteiger partial charge is 0.239 e. The van der Waals surface area contributed by atoms with E-state index in [0.717, 1.165) is 16.7 Å². The fourth-order valence-corrected chi connectivity index (χ4v) is 4.15. The zero-order chi connectivity index (χ0) is 23.0. The summed E-state index contributed by atoms with van der Waals surface area (Å²) < 4.78 is 24.4. The first-order valence-corrected chi connectivity index (χ1v) is 11.2. The van der Waals surface area contributed by atoms with Gasteiger partial charge in [-0.2, -0.15) is 5.10 Å². The van der Waals surface area contributed by atoms with Crippen LogP contribution in [0.15, 0.2) is 83.0 Å². The molecule has 168 valence electrons. The Bertz CT molecular complexity index is 1170. The second-order valence-electron chi connectivity index (χ2n) is 7.26. The SMILES string of the molecule is COc1cc(/C=N\N=C2\NC(=O)[C@@H](Cc3ccc(F)cc3)S2)ccc1OCc1ccccc1. The lowest BCUT2D eigenvalue weighted by Gasteiger charge is -2.11. The van der Waals surface area contributed by atoms with E-state index in [1.54, 1.807) is 25.5 Å². The second-order valence-corrected chi connectivity index (χ2v) is 8.45. The molecular formula is C25H22FN3O3S. The maximum atomic E-state index is 13.1. The third-order valence-corrected chi connectivity index (χ3v) is 5.96. The van der Waals surface area contributed by atoms with E-state index in [-0.39, 0.29) is 17.0 Å². The van der Waals surface area contributed by atoms with Crippen LogP contribution in [0.3, 0.4) is 0 Å². The number of nitrogens with one attached hydrogen (secondary N) is 1. The van der Waals surface area contributed by atoms with Gasteiger partial charge in [-0.25, -0.2) is 4.39 Å². The first-order valence-electron chi connectivity index (χ1n) is 10.3. The number of hydrogen-bond acceptors (Lipinski definition) is 6. The highest BCUT2D eigenvalue weighted by Crippen LogP contribution is 2.28. The third kappa shape index (κ3) is 6.20. The van der Waals surface area contributed by atoms with Crippen molar-refractivity contribution in [3.8, 4) is 11.5 Å². The van der Waals surface area contributed by atoms with Crippen molar-refractivity contribution in [1.29, 1.82) is 0 Å². The number of hydrogen-bond donors (Lipinski definition) is 1. The van der Waals surface area contributed by atoms with Gasteiger partial charge in [0.2, 0.25) is 5.91 Å². The average molecular weight is 464 g/mol. The Balaban J connectivity index is 1.36. The number of benzene rings is 3. The van der Waals surface area contributed by atoms with E-state index in [1.165, 1.54) is 23.9 Å². The topological polar surface area (TPSA) is 72.3 Å². The van der Waals surface area contributed by atoms with Crippen LogP contribution in [0.5, 0.6) is 11.5 Å². The van der Waals surface area contributed by atoms with Crippen LogP contribution in [0.1, 0.15) is 16.7 Å². The molecule has 0 bridgehead atoms. The van der Waals surface area contributed by atoms with E-state index in [9.17, 15) is 9.18 Å². The molecule has 0 saturated carbocycles. The standard InChI is InChI=1S/C25H22FN3O3S/c1-31-22-13-19(9-12-21(22)32-16-18-5-3-2-4-6-18)15-27-29-25-28-24(30)23(33-25)14-17-7-10-20(26)11-8-17/h2-13,15,23H,14,16H2,1H3,(H,28,29,30)/b27-15-/t23-/m1/s1. The monoisotopic (exact) mass is 463 g/mol. The maximum Gasteiger partial charge on any atom is 0.239 e. The van der Waals surface area contributed by atoms with Crippen molar-refractivity contribution in [1.82, 2.24) is 5.32 Å². The summed E-state index contributed by atoms with van der Waals surface area (Å²) in [6.45, 7) is 0.439. The molecule has 1 aliphatic heterocycles. The Hall–Kier alpha value is -3.65. The van der Waals surface area contributed by atoms with Crippen LogP contribution in [0.4, 0.5) is 4.39 Å². The van der Waals surface area contributed by atoms with Crippen LogP contribution in [-0.2, 0) is 17.8 Å². The average Bonchev–Trinajstić information content (AvgIpc) is 3.19. The van der Waals surface area contributed by atoms with Gasteiger partial charge in [0, 0.05) is 0 Å². The van der Waals surface area contributed by atoms with Crippen LogP contribution in [-0.4, -0.2) is 29.6 Å². The number of halogens is 1. The summed E-state index contributed by atoms with van der Waals surface area (Å²) in [4.78, 5) is 12.2. The van der Waals surface area contributed by atoms with Crippen molar-refractivity contribution >= 4 is 29.1 Å². The van der Waals surface area contributed by atoms with Gasteiger partial charge >= 0.3 is 0 Å². The number of carbonyl (C=O) groups excluding carboxylic acids is 1. The highest BCUT2D eigenvalue weighted by molar-refractivity contribution is 8.15. The summed E-state index contributed by atoms with van der Waals surface area (Å²) in [5, 5.41) is 11.0. The lowest BCUT2D eigenvalue weighted by molar-refractivity contribution is -0.118. The van der Waals surface area contributed by atoms with Gasteiger partial charge in [-0.3, -0.25) is 4.79 Å². The molecule has 8 heteroatoms. The summed E-state index contributed by atoms with van der Waals surface area (Å²) in [6.07, 6.45) is 2.07. The van der Waals surface area contributed by atoms with Crippen molar-refractivity contribution in [3.63, 3.8) is 0 Å². The maximum absolute atomic E-state index is 13.1. The van der Waals surface area contributed by atoms with Gasteiger partial charge in [0.25, 0.3) is 0 Å². The molecule has 1 N–H and O–H groups in total. The molecule has 6 nitrogen and oxygen atoms in total. The molecule has 1 saturated heterocycles. The summed E-state index contributed by atoms with van der Waals surface area (Å²) >= 11 is 1.30. The summed E-state index contributed by atoms with van der Waals surface area (Å²) in [5.41, 5.74) is 2.73. The molecule has 3 aromatic rings. The molecule has 33 heavy (non-hydrogen) atoms. The number of thioether (sulfide) groups is 1. The highest BCUT2D eigenvalue weighted by Gasteiger charge is 2.30. The van der Waals surface area contributed by atoms with Gasteiger partial charge < -0.3 is 14.8 Å². The minimum atomic E-state index is -0.328. The lowest BCUT2D eigenvalue weighted by atomic mass is 10.1. The molecule has 3 aromatic carbocycles. The highest BCUT2D eigenvalue weighted by atomic mass is 32.2. The Morgan fingerprint density at radius 3 is 2.58 bits per heavy atom. The number of rotatable bonds is 8.